The van der Waals surface area contributed by atoms with Gasteiger partial charge in [-0.15, -0.1) is 0 Å². The van der Waals surface area contributed by atoms with E-state index in [0.717, 1.165) is 18.5 Å². The van der Waals surface area contributed by atoms with E-state index >= 15 is 0 Å². The minimum Gasteiger partial charge on any atom is -0.593 e. The molecule has 0 aliphatic carbocycles. The first-order valence-electron chi connectivity index (χ1n) is 12.6. The van der Waals surface area contributed by atoms with E-state index in [0.29, 0.717) is 19.6 Å². The molecule has 0 bridgehead atoms. The van der Waals surface area contributed by atoms with Crippen molar-refractivity contribution in [2.24, 2.45) is 5.41 Å². The fourth-order valence-corrected chi connectivity index (χ4v) is 5.48. The lowest BCUT2D eigenvalue weighted by Crippen LogP contribution is -2.57. The zero-order chi connectivity index (χ0) is 28.3. The predicted octanol–water partition coefficient (Wildman–Crippen LogP) is 1.83. The zero-order valence-corrected chi connectivity index (χ0v) is 23.7. The highest BCUT2D eigenvalue weighted by Crippen LogP contribution is 2.47. The monoisotopic (exact) mass is 550 g/mol. The molecule has 0 aromatic heterocycles. The number of anilines is 1. The van der Waals surface area contributed by atoms with E-state index in [2.05, 4.69) is 16.7 Å². The third-order valence-electron chi connectivity index (χ3n) is 6.95. The maximum absolute atomic E-state index is 12.9. The minimum absolute atomic E-state index is 0.157. The molecule has 210 valence electrons. The first-order chi connectivity index (χ1) is 17.7. The number of rotatable bonds is 7. The van der Waals surface area contributed by atoms with Crippen LogP contribution in [0.3, 0.4) is 0 Å². The van der Waals surface area contributed by atoms with Gasteiger partial charge in [-0.05, 0) is 59.1 Å². The van der Waals surface area contributed by atoms with Gasteiger partial charge in [-0.1, -0.05) is 18.2 Å². The number of carbonyl (C=O) groups excluding carboxylic acids is 4. The van der Waals surface area contributed by atoms with Crippen molar-refractivity contribution >= 4 is 40.9 Å². The van der Waals surface area contributed by atoms with E-state index in [1.807, 2.05) is 22.5 Å². The van der Waals surface area contributed by atoms with Crippen molar-refractivity contribution in [1.82, 2.24) is 15.5 Å². The summed E-state index contributed by atoms with van der Waals surface area (Å²) in [5, 5.41) is 4.99. The number of likely N-dealkylation sites (tertiary alicyclic amines) is 1. The molecule has 2 aliphatic rings. The van der Waals surface area contributed by atoms with Gasteiger partial charge in [0.2, 0.25) is 18.6 Å². The number of benzene rings is 1. The summed E-state index contributed by atoms with van der Waals surface area (Å²) in [6.45, 7) is 8.86. The largest absolute Gasteiger partial charge is 0.593 e. The van der Waals surface area contributed by atoms with E-state index in [1.54, 1.807) is 31.9 Å². The third kappa shape index (κ3) is 6.71. The number of hydrogen-bond acceptors (Lipinski definition) is 8. The molecule has 1 fully saturated rings. The summed E-state index contributed by atoms with van der Waals surface area (Å²) in [7, 11) is 0. The molecular weight excluding hydrogens is 512 g/mol. The van der Waals surface area contributed by atoms with Gasteiger partial charge in [0.05, 0.1) is 35.6 Å². The van der Waals surface area contributed by atoms with Crippen LogP contribution in [0.15, 0.2) is 24.3 Å². The Kier molecular flexibility index (Phi) is 8.87. The second-order valence-corrected chi connectivity index (χ2v) is 12.6. The van der Waals surface area contributed by atoms with Crippen molar-refractivity contribution in [3.05, 3.63) is 29.8 Å². The number of hydrogen-bond donors (Lipinski definition) is 2. The van der Waals surface area contributed by atoms with Crippen LogP contribution in [0, 0.1) is 5.41 Å². The van der Waals surface area contributed by atoms with Crippen LogP contribution < -0.4 is 14.9 Å². The number of alkyl carbamates (subject to hydrolysis) is 1. The van der Waals surface area contributed by atoms with Gasteiger partial charge in [-0.3, -0.25) is 14.4 Å². The summed E-state index contributed by atoms with van der Waals surface area (Å²) in [5.74, 6) is -1.31. The van der Waals surface area contributed by atoms with Crippen LogP contribution in [0.5, 0.6) is 0 Å². The van der Waals surface area contributed by atoms with Gasteiger partial charge in [0.15, 0.2) is 0 Å². The number of para-hydroxylation sites is 1. The average molecular weight is 551 g/mol. The molecule has 3 rings (SSSR count). The first kappa shape index (κ1) is 29.6. The molecule has 0 saturated carbocycles. The average Bonchev–Trinajstić information content (AvgIpc) is 3.16. The number of fused-ring (bicyclic) bond motifs is 2. The van der Waals surface area contributed by atoms with Crippen LogP contribution in [-0.2, 0) is 40.6 Å². The summed E-state index contributed by atoms with van der Waals surface area (Å²) < 4.78 is 23.9. The maximum atomic E-state index is 12.9. The van der Waals surface area contributed by atoms with Gasteiger partial charge in [-0.25, -0.2) is 4.79 Å². The number of nitrogens with zero attached hydrogens (tertiary/aromatic N) is 2. The molecule has 11 nitrogen and oxygen atoms in total. The second-order valence-electron chi connectivity index (χ2n) is 11.3. The standard InChI is InChI=1S/C26H38N4O7S/c1-24(2,3)22(33)36-17-37-23(34)28-25(4,5)21(32)27-15-20(31)29-13-11-26(12-14-29)16-30(38(6)35)19-10-8-7-9-18(19)26/h7-10H,11-17H2,1-6H3,(H,27,32)(H,28,34). The molecule has 2 heterocycles. The number of ether oxygens (including phenoxy) is 2. The van der Waals surface area contributed by atoms with Crippen molar-refractivity contribution in [3.8, 4) is 0 Å². The molecule has 12 heteroatoms. The van der Waals surface area contributed by atoms with E-state index < -0.39 is 47.1 Å². The van der Waals surface area contributed by atoms with E-state index in [-0.39, 0.29) is 17.9 Å². The molecule has 1 atom stereocenters. The lowest BCUT2D eigenvalue weighted by Gasteiger charge is -2.39. The lowest BCUT2D eigenvalue weighted by molar-refractivity contribution is -0.161. The Bertz CT molecular complexity index is 1060. The molecule has 3 amide bonds. The van der Waals surface area contributed by atoms with E-state index in [4.69, 9.17) is 9.47 Å². The zero-order valence-electron chi connectivity index (χ0n) is 22.9. The van der Waals surface area contributed by atoms with Gasteiger partial charge in [0, 0.05) is 18.5 Å². The fraction of sp³-hybridized carbons (Fsp3) is 0.615. The van der Waals surface area contributed by atoms with Crippen molar-refractivity contribution in [1.29, 1.82) is 0 Å². The van der Waals surface area contributed by atoms with Crippen LogP contribution in [-0.4, -0.2) is 78.1 Å². The summed E-state index contributed by atoms with van der Waals surface area (Å²) in [6, 6.07) is 7.99. The molecule has 38 heavy (non-hydrogen) atoms. The highest BCUT2D eigenvalue weighted by atomic mass is 32.2. The number of esters is 1. The van der Waals surface area contributed by atoms with Crippen LogP contribution in [0.1, 0.15) is 53.0 Å². The summed E-state index contributed by atoms with van der Waals surface area (Å²) in [4.78, 5) is 51.0. The van der Waals surface area contributed by atoms with Crippen molar-refractivity contribution in [3.63, 3.8) is 0 Å². The number of piperidine rings is 1. The van der Waals surface area contributed by atoms with Gasteiger partial charge < -0.3 is 29.6 Å². The SMILES string of the molecule is C[S+]([O-])N1CC2(CCN(C(=O)CNC(=O)C(C)(C)NC(=O)OCOC(=O)C(C)(C)C)CC2)c2ccccc21. The Hall–Kier alpha value is -2.99. The highest BCUT2D eigenvalue weighted by molar-refractivity contribution is 7.92. The molecule has 1 aromatic rings. The topological polar surface area (TPSA) is 140 Å². The Morgan fingerprint density at radius 2 is 1.68 bits per heavy atom. The predicted molar refractivity (Wildman–Crippen MR) is 142 cm³/mol. The molecule has 0 radical (unpaired) electrons. The molecule has 1 aromatic carbocycles. The van der Waals surface area contributed by atoms with Gasteiger partial charge in [0.1, 0.15) is 11.8 Å². The van der Waals surface area contributed by atoms with Crippen LogP contribution in [0.2, 0.25) is 0 Å². The van der Waals surface area contributed by atoms with E-state index in [9.17, 15) is 23.7 Å². The molecule has 2 N–H and O–H groups in total. The highest BCUT2D eigenvalue weighted by Gasteiger charge is 2.48. The minimum atomic E-state index is -1.37. The van der Waals surface area contributed by atoms with E-state index in [1.165, 1.54) is 19.4 Å². The third-order valence-corrected chi connectivity index (χ3v) is 7.90. The second kappa shape index (κ2) is 11.4. The Labute approximate surface area is 226 Å². The smallest absolute Gasteiger partial charge is 0.410 e. The van der Waals surface area contributed by atoms with Crippen LogP contribution in [0.4, 0.5) is 10.5 Å². The fourth-order valence-electron chi connectivity index (χ4n) is 4.62. The Morgan fingerprint density at radius 1 is 1.05 bits per heavy atom. The van der Waals surface area contributed by atoms with Crippen molar-refractivity contribution < 1.29 is 33.2 Å². The molecule has 1 saturated heterocycles. The summed E-state index contributed by atoms with van der Waals surface area (Å²) in [5.41, 5.74) is -0.109. The summed E-state index contributed by atoms with van der Waals surface area (Å²) >= 11 is -1.13. The number of carbonyl (C=O) groups is 4. The number of amides is 3. The van der Waals surface area contributed by atoms with Gasteiger partial charge in [0.25, 0.3) is 0 Å². The first-order valence-corrected chi connectivity index (χ1v) is 14.1. The molecule has 1 unspecified atom stereocenters. The van der Waals surface area contributed by atoms with Crippen LogP contribution in [0.25, 0.3) is 0 Å². The van der Waals surface area contributed by atoms with Crippen molar-refractivity contribution in [2.45, 2.75) is 58.4 Å². The van der Waals surface area contributed by atoms with Crippen LogP contribution >= 0.6 is 0 Å². The maximum Gasteiger partial charge on any atom is 0.410 e. The molecule has 1 spiro atoms. The normalized spacial score (nSPS) is 17.4. The van der Waals surface area contributed by atoms with Gasteiger partial charge in [-0.2, -0.15) is 4.31 Å². The lowest BCUT2D eigenvalue weighted by atomic mass is 9.74. The summed E-state index contributed by atoms with van der Waals surface area (Å²) in [6.07, 6.45) is 2.21. The molecule has 2 aliphatic heterocycles. The van der Waals surface area contributed by atoms with Crippen molar-refractivity contribution in [2.75, 3.05) is 43.5 Å². The Morgan fingerprint density at radius 3 is 2.29 bits per heavy atom. The molecular formula is C26H38N4O7S. The Balaban J connectivity index is 1.46. The van der Waals surface area contributed by atoms with Gasteiger partial charge >= 0.3 is 12.1 Å². The quantitative estimate of drug-likeness (QED) is 0.298. The number of nitrogens with one attached hydrogen (secondary N) is 2.